The second kappa shape index (κ2) is 7.69. The van der Waals surface area contributed by atoms with Crippen molar-refractivity contribution < 1.29 is 0 Å². The molecule has 0 spiro atoms. The van der Waals surface area contributed by atoms with Crippen molar-refractivity contribution in [2.45, 2.75) is 76.8 Å². The molecule has 1 aromatic rings. The summed E-state index contributed by atoms with van der Waals surface area (Å²) in [6.45, 7) is 4.59. The first-order valence-corrected chi connectivity index (χ1v) is 8.14. The highest BCUT2D eigenvalue weighted by Gasteiger charge is 2.31. The molecule has 1 aliphatic carbocycles. The van der Waals surface area contributed by atoms with Gasteiger partial charge >= 0.3 is 0 Å². The third kappa shape index (κ3) is 4.35. The first-order chi connectivity index (χ1) is 9.33. The smallest absolute Gasteiger partial charge is 0.00813 e. The molecule has 2 rings (SSSR count). The second-order valence-electron chi connectivity index (χ2n) is 6.07. The topological polar surface area (TPSA) is 12.0 Å². The molecule has 1 unspecified atom stereocenters. The van der Waals surface area contributed by atoms with Crippen molar-refractivity contribution in [2.24, 2.45) is 0 Å². The van der Waals surface area contributed by atoms with Crippen molar-refractivity contribution >= 4 is 0 Å². The molecule has 0 aliphatic heterocycles. The molecule has 1 heteroatoms. The van der Waals surface area contributed by atoms with Crippen LogP contribution in [0.2, 0.25) is 0 Å². The first-order valence-electron chi connectivity index (χ1n) is 8.14. The Bertz CT molecular complexity index is 340. The standard InChI is InChI=1S/C18H29N/c1-3-5-12-17(9-4-2)19-18-13-16(14-18)15-10-7-6-8-11-15/h6-8,10-11,16-19H,3-5,9,12-14H2,1-2H3. The molecule has 0 radical (unpaired) electrons. The van der Waals surface area contributed by atoms with Crippen LogP contribution in [0, 0.1) is 0 Å². The summed E-state index contributed by atoms with van der Waals surface area (Å²) in [6.07, 6.45) is 9.35. The summed E-state index contributed by atoms with van der Waals surface area (Å²) in [5, 5.41) is 3.89. The average Bonchev–Trinajstić information content (AvgIpc) is 2.40. The molecule has 19 heavy (non-hydrogen) atoms. The normalized spacial score (nSPS) is 23.9. The summed E-state index contributed by atoms with van der Waals surface area (Å²) in [7, 11) is 0. The van der Waals surface area contributed by atoms with Crippen molar-refractivity contribution in [3.63, 3.8) is 0 Å². The van der Waals surface area contributed by atoms with Crippen molar-refractivity contribution in [3.8, 4) is 0 Å². The number of hydrogen-bond donors (Lipinski definition) is 1. The molecule has 0 heterocycles. The van der Waals surface area contributed by atoms with E-state index in [2.05, 4.69) is 49.5 Å². The fourth-order valence-electron chi connectivity index (χ4n) is 3.19. The summed E-state index contributed by atoms with van der Waals surface area (Å²) in [5.74, 6) is 0.798. The maximum Gasteiger partial charge on any atom is 0.00813 e. The van der Waals surface area contributed by atoms with E-state index in [0.717, 1.165) is 18.0 Å². The van der Waals surface area contributed by atoms with Crippen LogP contribution in [0.1, 0.15) is 70.3 Å². The molecular weight excluding hydrogens is 230 g/mol. The molecule has 1 nitrogen and oxygen atoms in total. The Balaban J connectivity index is 1.73. The van der Waals surface area contributed by atoms with Gasteiger partial charge in [-0.2, -0.15) is 0 Å². The lowest BCUT2D eigenvalue weighted by Crippen LogP contribution is -2.45. The molecule has 0 bridgehead atoms. The molecule has 1 saturated carbocycles. The van der Waals surface area contributed by atoms with Gasteiger partial charge in [-0.05, 0) is 37.2 Å². The van der Waals surface area contributed by atoms with Gasteiger partial charge in [0.2, 0.25) is 0 Å². The van der Waals surface area contributed by atoms with Crippen LogP contribution in [0.15, 0.2) is 30.3 Å². The summed E-state index contributed by atoms with van der Waals surface area (Å²) in [6, 6.07) is 12.5. The average molecular weight is 259 g/mol. The Hall–Kier alpha value is -0.820. The van der Waals surface area contributed by atoms with Crippen LogP contribution in [-0.2, 0) is 0 Å². The molecule has 0 saturated heterocycles. The fraction of sp³-hybridized carbons (Fsp3) is 0.667. The lowest BCUT2D eigenvalue weighted by Gasteiger charge is -2.39. The Labute approximate surface area is 118 Å². The van der Waals surface area contributed by atoms with Crippen molar-refractivity contribution in [2.75, 3.05) is 0 Å². The Morgan fingerprint density at radius 3 is 2.42 bits per heavy atom. The zero-order valence-corrected chi connectivity index (χ0v) is 12.6. The van der Waals surface area contributed by atoms with Gasteiger partial charge in [-0.3, -0.25) is 0 Å². The number of nitrogens with one attached hydrogen (secondary N) is 1. The van der Waals surface area contributed by atoms with Crippen LogP contribution in [0.4, 0.5) is 0 Å². The quantitative estimate of drug-likeness (QED) is 0.701. The lowest BCUT2D eigenvalue weighted by atomic mass is 9.75. The van der Waals surface area contributed by atoms with Gasteiger partial charge in [0.05, 0.1) is 0 Å². The maximum atomic E-state index is 3.89. The maximum absolute atomic E-state index is 3.89. The number of benzene rings is 1. The molecule has 106 valence electrons. The fourth-order valence-corrected chi connectivity index (χ4v) is 3.19. The Morgan fingerprint density at radius 1 is 1.05 bits per heavy atom. The first kappa shape index (κ1) is 14.6. The third-order valence-electron chi connectivity index (χ3n) is 4.42. The highest BCUT2D eigenvalue weighted by molar-refractivity contribution is 5.22. The van der Waals surface area contributed by atoms with Gasteiger partial charge in [-0.25, -0.2) is 0 Å². The second-order valence-corrected chi connectivity index (χ2v) is 6.07. The molecule has 1 aliphatic rings. The van der Waals surface area contributed by atoms with E-state index in [1.807, 2.05) is 0 Å². The van der Waals surface area contributed by atoms with Crippen LogP contribution in [-0.4, -0.2) is 12.1 Å². The Morgan fingerprint density at radius 2 is 1.79 bits per heavy atom. The zero-order chi connectivity index (χ0) is 13.5. The van der Waals surface area contributed by atoms with E-state index >= 15 is 0 Å². The van der Waals surface area contributed by atoms with Crippen LogP contribution in [0.25, 0.3) is 0 Å². The predicted molar refractivity (Wildman–Crippen MR) is 83.6 cm³/mol. The summed E-state index contributed by atoms with van der Waals surface area (Å²) in [4.78, 5) is 0. The minimum absolute atomic E-state index is 0.756. The minimum Gasteiger partial charge on any atom is -0.311 e. The van der Waals surface area contributed by atoms with E-state index in [9.17, 15) is 0 Å². The van der Waals surface area contributed by atoms with E-state index < -0.39 is 0 Å². The molecule has 1 fully saturated rings. The van der Waals surface area contributed by atoms with Crippen molar-refractivity contribution in [3.05, 3.63) is 35.9 Å². The summed E-state index contributed by atoms with van der Waals surface area (Å²) < 4.78 is 0. The van der Waals surface area contributed by atoms with Crippen LogP contribution in [0.5, 0.6) is 0 Å². The van der Waals surface area contributed by atoms with Gasteiger partial charge in [0, 0.05) is 12.1 Å². The van der Waals surface area contributed by atoms with E-state index in [4.69, 9.17) is 0 Å². The molecule has 1 N–H and O–H groups in total. The van der Waals surface area contributed by atoms with E-state index in [-0.39, 0.29) is 0 Å². The molecule has 1 aromatic carbocycles. The van der Waals surface area contributed by atoms with Gasteiger partial charge in [0.1, 0.15) is 0 Å². The molecule has 0 amide bonds. The largest absolute Gasteiger partial charge is 0.311 e. The van der Waals surface area contributed by atoms with Crippen LogP contribution >= 0.6 is 0 Å². The third-order valence-corrected chi connectivity index (χ3v) is 4.42. The predicted octanol–water partition coefficient (Wildman–Crippen LogP) is 4.88. The molecule has 1 atom stereocenters. The van der Waals surface area contributed by atoms with Crippen molar-refractivity contribution in [1.29, 1.82) is 0 Å². The number of rotatable bonds is 8. The number of unbranched alkanes of at least 4 members (excludes halogenated alkanes) is 1. The van der Waals surface area contributed by atoms with Crippen molar-refractivity contribution in [1.82, 2.24) is 5.32 Å². The van der Waals surface area contributed by atoms with Gasteiger partial charge in [0.15, 0.2) is 0 Å². The van der Waals surface area contributed by atoms with Crippen LogP contribution in [0.3, 0.4) is 0 Å². The minimum atomic E-state index is 0.756. The summed E-state index contributed by atoms with van der Waals surface area (Å²) in [5.41, 5.74) is 1.53. The van der Waals surface area contributed by atoms with Gasteiger partial charge < -0.3 is 5.32 Å². The zero-order valence-electron chi connectivity index (χ0n) is 12.6. The van der Waals surface area contributed by atoms with E-state index in [1.165, 1.54) is 50.5 Å². The number of hydrogen-bond acceptors (Lipinski definition) is 1. The van der Waals surface area contributed by atoms with E-state index in [0.29, 0.717) is 0 Å². The molecular formula is C18H29N. The SMILES string of the molecule is CCCCC(CCC)NC1CC(c2ccccc2)C1. The van der Waals surface area contributed by atoms with Crippen LogP contribution < -0.4 is 5.32 Å². The van der Waals surface area contributed by atoms with Gasteiger partial charge in [-0.1, -0.05) is 63.4 Å². The highest BCUT2D eigenvalue weighted by Crippen LogP contribution is 2.37. The summed E-state index contributed by atoms with van der Waals surface area (Å²) >= 11 is 0. The molecule has 0 aromatic heterocycles. The monoisotopic (exact) mass is 259 g/mol. The highest BCUT2D eigenvalue weighted by atomic mass is 15.0. The van der Waals surface area contributed by atoms with Gasteiger partial charge in [0.25, 0.3) is 0 Å². The van der Waals surface area contributed by atoms with Gasteiger partial charge in [-0.15, -0.1) is 0 Å². The Kier molecular flexibility index (Phi) is 5.91. The van der Waals surface area contributed by atoms with E-state index in [1.54, 1.807) is 0 Å². The lowest BCUT2D eigenvalue weighted by molar-refractivity contribution is 0.251.